The van der Waals surface area contributed by atoms with Gasteiger partial charge in [0.25, 0.3) is 0 Å². The summed E-state index contributed by atoms with van der Waals surface area (Å²) in [4.78, 5) is 27.5. The van der Waals surface area contributed by atoms with Crippen LogP contribution in [0.4, 0.5) is 18.9 Å². The van der Waals surface area contributed by atoms with Crippen molar-refractivity contribution in [3.05, 3.63) is 29.6 Å². The molecule has 1 saturated carbocycles. The maximum Gasteiger partial charge on any atom is 0.241 e. The third-order valence-electron chi connectivity index (χ3n) is 4.30. The van der Waals surface area contributed by atoms with E-state index in [0.717, 1.165) is 25.0 Å². The van der Waals surface area contributed by atoms with Crippen molar-refractivity contribution < 1.29 is 22.8 Å². The number of nitrogens with zero attached hydrogens (tertiary/aromatic N) is 2. The van der Waals surface area contributed by atoms with E-state index in [1.807, 2.05) is 0 Å². The molecular weight excluding hydrogens is 323 g/mol. The number of benzene rings is 1. The largest absolute Gasteiger partial charge is 0.376 e. The summed E-state index contributed by atoms with van der Waals surface area (Å²) >= 11 is 0. The Morgan fingerprint density at radius 2 is 1.54 bits per heavy atom. The summed E-state index contributed by atoms with van der Waals surface area (Å²) in [6.07, 6.45) is 1.90. The van der Waals surface area contributed by atoms with Crippen molar-refractivity contribution in [3.63, 3.8) is 0 Å². The molecule has 0 atom stereocenters. The second-order valence-corrected chi connectivity index (χ2v) is 6.09. The third kappa shape index (κ3) is 3.63. The number of piperazine rings is 1. The molecule has 1 aromatic rings. The van der Waals surface area contributed by atoms with Gasteiger partial charge >= 0.3 is 0 Å². The Morgan fingerprint density at radius 3 is 2.08 bits per heavy atom. The standard InChI is InChI=1S/C16H18F3N3O2/c17-12-7-11(8-13(18)15(12)19)20-9-14(23)21-3-5-22(6-4-21)16(24)10-1-2-10/h7-8,10,20H,1-6,9H2. The molecule has 8 heteroatoms. The van der Waals surface area contributed by atoms with Gasteiger partial charge in [0.05, 0.1) is 6.54 Å². The van der Waals surface area contributed by atoms with Crippen LogP contribution in [0.25, 0.3) is 0 Å². The molecule has 5 nitrogen and oxygen atoms in total. The van der Waals surface area contributed by atoms with Crippen molar-refractivity contribution in [2.24, 2.45) is 5.92 Å². The number of carbonyl (C=O) groups is 2. The first kappa shape index (κ1) is 16.6. The molecule has 1 aliphatic heterocycles. The molecule has 2 aliphatic rings. The van der Waals surface area contributed by atoms with Crippen molar-refractivity contribution >= 4 is 17.5 Å². The fourth-order valence-corrected chi connectivity index (χ4v) is 2.71. The molecule has 1 aromatic carbocycles. The fourth-order valence-electron chi connectivity index (χ4n) is 2.71. The molecule has 0 aromatic heterocycles. The molecule has 0 unspecified atom stereocenters. The van der Waals surface area contributed by atoms with Crippen LogP contribution in [0.5, 0.6) is 0 Å². The van der Waals surface area contributed by atoms with Crippen LogP contribution >= 0.6 is 0 Å². The highest BCUT2D eigenvalue weighted by molar-refractivity contribution is 5.83. The number of carbonyl (C=O) groups excluding carboxylic acids is 2. The second-order valence-electron chi connectivity index (χ2n) is 6.09. The Kier molecular flexibility index (Phi) is 4.64. The predicted molar refractivity (Wildman–Crippen MR) is 80.7 cm³/mol. The average Bonchev–Trinajstić information content (AvgIpc) is 3.42. The summed E-state index contributed by atoms with van der Waals surface area (Å²) in [5.74, 6) is -4.06. The van der Waals surface area contributed by atoms with Gasteiger partial charge < -0.3 is 15.1 Å². The van der Waals surface area contributed by atoms with E-state index in [1.54, 1.807) is 9.80 Å². The molecule has 130 valence electrons. The van der Waals surface area contributed by atoms with Crippen LogP contribution in [0.15, 0.2) is 12.1 Å². The summed E-state index contributed by atoms with van der Waals surface area (Å²) < 4.78 is 39.1. The minimum atomic E-state index is -1.54. The second kappa shape index (κ2) is 6.70. The fraction of sp³-hybridized carbons (Fsp3) is 0.500. The molecule has 1 saturated heterocycles. The summed E-state index contributed by atoms with van der Waals surface area (Å²) in [6, 6.07) is 1.61. The van der Waals surface area contributed by atoms with Gasteiger partial charge in [-0.15, -0.1) is 0 Å². The first-order chi connectivity index (χ1) is 11.5. The summed E-state index contributed by atoms with van der Waals surface area (Å²) in [5.41, 5.74) is 0.00213. The number of hydrogen-bond acceptors (Lipinski definition) is 3. The maximum absolute atomic E-state index is 13.1. The normalized spacial score (nSPS) is 17.8. The summed E-state index contributed by atoms with van der Waals surface area (Å²) in [7, 11) is 0. The van der Waals surface area contributed by atoms with Gasteiger partial charge in [-0.3, -0.25) is 9.59 Å². The molecule has 0 bridgehead atoms. The highest BCUT2D eigenvalue weighted by Gasteiger charge is 2.35. The predicted octanol–water partition coefficient (Wildman–Crippen LogP) is 1.60. The van der Waals surface area contributed by atoms with Gasteiger partial charge in [-0.2, -0.15) is 0 Å². The Hall–Kier alpha value is -2.25. The minimum absolute atomic E-state index is 0.00213. The number of halogens is 3. The average molecular weight is 341 g/mol. The Morgan fingerprint density at radius 1 is 1.00 bits per heavy atom. The Labute approximate surface area is 137 Å². The van der Waals surface area contributed by atoms with E-state index in [4.69, 9.17) is 0 Å². The van der Waals surface area contributed by atoms with Gasteiger partial charge in [0, 0.05) is 49.9 Å². The molecule has 1 N–H and O–H groups in total. The van der Waals surface area contributed by atoms with E-state index in [2.05, 4.69) is 5.32 Å². The first-order valence-electron chi connectivity index (χ1n) is 7.90. The van der Waals surface area contributed by atoms with Crippen LogP contribution in [0.3, 0.4) is 0 Å². The van der Waals surface area contributed by atoms with Crippen LogP contribution in [0.2, 0.25) is 0 Å². The molecule has 0 spiro atoms. The van der Waals surface area contributed by atoms with Crippen molar-refractivity contribution in [2.75, 3.05) is 38.0 Å². The van der Waals surface area contributed by atoms with E-state index in [0.29, 0.717) is 26.2 Å². The quantitative estimate of drug-likeness (QED) is 0.847. The van der Waals surface area contributed by atoms with Crippen molar-refractivity contribution in [1.29, 1.82) is 0 Å². The first-order valence-corrected chi connectivity index (χ1v) is 7.90. The molecular formula is C16H18F3N3O2. The Balaban J connectivity index is 1.48. The molecule has 1 heterocycles. The van der Waals surface area contributed by atoms with Crippen molar-refractivity contribution in [3.8, 4) is 0 Å². The smallest absolute Gasteiger partial charge is 0.241 e. The maximum atomic E-state index is 13.1. The lowest BCUT2D eigenvalue weighted by atomic mass is 10.2. The van der Waals surface area contributed by atoms with Gasteiger partial charge in [0.15, 0.2) is 17.5 Å². The molecule has 0 radical (unpaired) electrons. The van der Waals surface area contributed by atoms with Gasteiger partial charge in [0.1, 0.15) is 0 Å². The van der Waals surface area contributed by atoms with E-state index in [-0.39, 0.29) is 30.0 Å². The monoisotopic (exact) mass is 341 g/mol. The van der Waals surface area contributed by atoms with Gasteiger partial charge in [-0.05, 0) is 12.8 Å². The van der Waals surface area contributed by atoms with Gasteiger partial charge in [0.2, 0.25) is 11.8 Å². The molecule has 1 aliphatic carbocycles. The lowest BCUT2D eigenvalue weighted by Crippen LogP contribution is -2.52. The number of amides is 2. The molecule has 2 fully saturated rings. The van der Waals surface area contributed by atoms with E-state index in [1.165, 1.54) is 0 Å². The minimum Gasteiger partial charge on any atom is -0.376 e. The van der Waals surface area contributed by atoms with E-state index >= 15 is 0 Å². The number of anilines is 1. The zero-order chi connectivity index (χ0) is 17.3. The highest BCUT2D eigenvalue weighted by atomic mass is 19.2. The van der Waals surface area contributed by atoms with Crippen LogP contribution in [-0.4, -0.2) is 54.3 Å². The number of hydrogen-bond donors (Lipinski definition) is 1. The van der Waals surface area contributed by atoms with E-state index in [9.17, 15) is 22.8 Å². The Bertz CT molecular complexity index is 633. The third-order valence-corrected chi connectivity index (χ3v) is 4.30. The lowest BCUT2D eigenvalue weighted by molar-refractivity contribution is -0.139. The zero-order valence-corrected chi connectivity index (χ0v) is 13.0. The van der Waals surface area contributed by atoms with Crippen LogP contribution in [0.1, 0.15) is 12.8 Å². The van der Waals surface area contributed by atoms with Crippen LogP contribution in [0, 0.1) is 23.4 Å². The van der Waals surface area contributed by atoms with E-state index < -0.39 is 17.5 Å². The van der Waals surface area contributed by atoms with Crippen LogP contribution in [-0.2, 0) is 9.59 Å². The molecule has 2 amide bonds. The SMILES string of the molecule is O=C(CNc1cc(F)c(F)c(F)c1)N1CCN(C(=O)C2CC2)CC1. The lowest BCUT2D eigenvalue weighted by Gasteiger charge is -2.35. The topological polar surface area (TPSA) is 52.7 Å². The zero-order valence-electron chi connectivity index (χ0n) is 13.0. The van der Waals surface area contributed by atoms with Gasteiger partial charge in [-0.25, -0.2) is 13.2 Å². The number of rotatable bonds is 4. The summed E-state index contributed by atoms with van der Waals surface area (Å²) in [5, 5.41) is 2.59. The van der Waals surface area contributed by atoms with Crippen molar-refractivity contribution in [1.82, 2.24) is 9.80 Å². The van der Waals surface area contributed by atoms with Crippen molar-refractivity contribution in [2.45, 2.75) is 12.8 Å². The molecule has 3 rings (SSSR count). The highest BCUT2D eigenvalue weighted by Crippen LogP contribution is 2.31. The summed E-state index contributed by atoms with van der Waals surface area (Å²) in [6.45, 7) is 1.72. The number of nitrogens with one attached hydrogen (secondary N) is 1. The van der Waals surface area contributed by atoms with Gasteiger partial charge in [-0.1, -0.05) is 0 Å². The van der Waals surface area contributed by atoms with Crippen LogP contribution < -0.4 is 5.32 Å². The molecule has 24 heavy (non-hydrogen) atoms.